The van der Waals surface area contributed by atoms with Crippen molar-refractivity contribution in [2.24, 2.45) is 0 Å². The van der Waals surface area contributed by atoms with Crippen LogP contribution in [0.1, 0.15) is 6.92 Å². The van der Waals surface area contributed by atoms with E-state index in [1.807, 2.05) is 0 Å². The van der Waals surface area contributed by atoms with Gasteiger partial charge in [-0.3, -0.25) is 4.79 Å². The predicted octanol–water partition coefficient (Wildman–Crippen LogP) is 2.66. The average Bonchev–Trinajstić information content (AvgIpc) is 2.60. The number of sulfonamides is 1. The van der Waals surface area contributed by atoms with Gasteiger partial charge in [0.25, 0.3) is 0 Å². The molecule has 0 aliphatic heterocycles. The van der Waals surface area contributed by atoms with Crippen molar-refractivity contribution in [1.82, 2.24) is 4.72 Å². The maximum Gasteiger partial charge on any atom is 0.242 e. The molecule has 0 unspecified atom stereocenters. The third-order valence-corrected chi connectivity index (χ3v) is 5.26. The van der Waals surface area contributed by atoms with Crippen LogP contribution in [0.5, 0.6) is 11.5 Å². The van der Waals surface area contributed by atoms with Gasteiger partial charge in [-0.25, -0.2) is 8.42 Å². The molecule has 2 N–H and O–H groups in total. The molecule has 1 atom stereocenters. The summed E-state index contributed by atoms with van der Waals surface area (Å²) in [5.74, 6) is 0.154. The van der Waals surface area contributed by atoms with E-state index in [1.165, 1.54) is 39.3 Å². The number of methoxy groups -OCH3 is 2. The average molecular weight is 399 g/mol. The van der Waals surface area contributed by atoms with Crippen molar-refractivity contribution >= 4 is 33.2 Å². The van der Waals surface area contributed by atoms with Gasteiger partial charge < -0.3 is 14.8 Å². The second-order valence-corrected chi connectivity index (χ2v) is 7.51. The first-order chi connectivity index (χ1) is 12.3. The molecule has 0 heterocycles. The molecule has 1 amide bonds. The van der Waals surface area contributed by atoms with Crippen LogP contribution in [0.3, 0.4) is 0 Å². The van der Waals surface area contributed by atoms with Gasteiger partial charge in [0.15, 0.2) is 11.5 Å². The summed E-state index contributed by atoms with van der Waals surface area (Å²) in [5.41, 5.74) is 0.472. The lowest BCUT2D eigenvalue weighted by Gasteiger charge is -2.15. The second kappa shape index (κ2) is 8.39. The molecule has 140 valence electrons. The molecule has 0 spiro atoms. The molecule has 2 rings (SSSR count). The van der Waals surface area contributed by atoms with Crippen LogP contribution in [-0.4, -0.2) is 34.6 Å². The number of carbonyl (C=O) groups excluding carboxylic acids is 1. The first-order valence-corrected chi connectivity index (χ1v) is 9.43. The van der Waals surface area contributed by atoms with E-state index in [0.717, 1.165) is 0 Å². The lowest BCUT2D eigenvalue weighted by atomic mass is 10.3. The molecule has 0 aliphatic carbocycles. The van der Waals surface area contributed by atoms with Crippen molar-refractivity contribution in [2.45, 2.75) is 17.9 Å². The highest BCUT2D eigenvalue weighted by atomic mass is 35.5. The molecule has 0 bridgehead atoms. The highest BCUT2D eigenvalue weighted by Crippen LogP contribution is 2.29. The molecule has 0 fully saturated rings. The number of carbonyl (C=O) groups is 1. The van der Waals surface area contributed by atoms with E-state index < -0.39 is 22.0 Å². The molecule has 0 saturated carbocycles. The Morgan fingerprint density at radius 3 is 2.38 bits per heavy atom. The molecule has 0 aromatic heterocycles. The fraction of sp³-hybridized carbons (Fsp3) is 0.235. The Balaban J connectivity index is 2.14. The number of hydrogen-bond acceptors (Lipinski definition) is 5. The zero-order chi connectivity index (χ0) is 19.3. The topological polar surface area (TPSA) is 93.7 Å². The van der Waals surface area contributed by atoms with Gasteiger partial charge in [0.2, 0.25) is 15.9 Å². The lowest BCUT2D eigenvalue weighted by Crippen LogP contribution is -2.41. The van der Waals surface area contributed by atoms with Crippen LogP contribution in [0.15, 0.2) is 47.4 Å². The van der Waals surface area contributed by atoms with Crippen LogP contribution in [0.4, 0.5) is 5.69 Å². The van der Waals surface area contributed by atoms with Gasteiger partial charge in [-0.1, -0.05) is 17.7 Å². The lowest BCUT2D eigenvalue weighted by molar-refractivity contribution is -0.117. The summed E-state index contributed by atoms with van der Waals surface area (Å²) in [6.07, 6.45) is 0. The van der Waals surface area contributed by atoms with E-state index in [0.29, 0.717) is 16.5 Å². The third kappa shape index (κ3) is 4.87. The third-order valence-electron chi connectivity index (χ3n) is 3.48. The van der Waals surface area contributed by atoms with Crippen molar-refractivity contribution in [2.75, 3.05) is 19.5 Å². The van der Waals surface area contributed by atoms with Crippen molar-refractivity contribution in [3.05, 3.63) is 47.5 Å². The summed E-state index contributed by atoms with van der Waals surface area (Å²) in [4.78, 5) is 12.2. The predicted molar refractivity (Wildman–Crippen MR) is 99.4 cm³/mol. The Morgan fingerprint density at radius 2 is 1.77 bits per heavy atom. The van der Waals surface area contributed by atoms with E-state index in [-0.39, 0.29) is 10.6 Å². The molecule has 26 heavy (non-hydrogen) atoms. The molecule has 9 heteroatoms. The van der Waals surface area contributed by atoms with E-state index in [2.05, 4.69) is 10.0 Å². The quantitative estimate of drug-likeness (QED) is 0.747. The number of anilines is 1. The Labute approximate surface area is 157 Å². The summed E-state index contributed by atoms with van der Waals surface area (Å²) in [7, 11) is -1.08. The van der Waals surface area contributed by atoms with Crippen LogP contribution in [0.25, 0.3) is 0 Å². The summed E-state index contributed by atoms with van der Waals surface area (Å²) in [5, 5.41) is 3.06. The Hall–Kier alpha value is -2.29. The van der Waals surface area contributed by atoms with Crippen LogP contribution >= 0.6 is 11.6 Å². The van der Waals surface area contributed by atoms with E-state index in [4.69, 9.17) is 21.1 Å². The van der Waals surface area contributed by atoms with E-state index in [1.54, 1.807) is 24.3 Å². The van der Waals surface area contributed by atoms with Crippen LogP contribution < -0.4 is 19.5 Å². The van der Waals surface area contributed by atoms with Gasteiger partial charge in [-0.05, 0) is 37.3 Å². The first kappa shape index (κ1) is 20.0. The number of hydrogen-bond donors (Lipinski definition) is 2. The van der Waals surface area contributed by atoms with Gasteiger partial charge in [0, 0.05) is 16.8 Å². The number of amides is 1. The van der Waals surface area contributed by atoms with E-state index >= 15 is 0 Å². The minimum atomic E-state index is -3.94. The monoisotopic (exact) mass is 398 g/mol. The Kier molecular flexibility index (Phi) is 6.47. The van der Waals surface area contributed by atoms with Crippen molar-refractivity contribution in [3.8, 4) is 11.5 Å². The molecule has 2 aromatic carbocycles. The summed E-state index contributed by atoms with van der Waals surface area (Å²) in [6.45, 7) is 1.44. The number of rotatable bonds is 7. The smallest absolute Gasteiger partial charge is 0.242 e. The largest absolute Gasteiger partial charge is 0.493 e. The standard InChI is InChI=1S/C17H19ClN2O5S/c1-11(17(21)19-13-6-4-5-12(18)9-13)20-26(22,23)14-7-8-15(24-2)16(10-14)25-3/h4-11,20H,1-3H3,(H,19,21)/t11-/m0/s1. The summed E-state index contributed by atoms with van der Waals surface area (Å²) < 4.78 is 37.5. The molecule has 0 saturated heterocycles. The maximum atomic E-state index is 12.5. The SMILES string of the molecule is COc1ccc(S(=O)(=O)N[C@@H](C)C(=O)Nc2cccc(Cl)c2)cc1OC. The van der Waals surface area contributed by atoms with Crippen LogP contribution in [0.2, 0.25) is 5.02 Å². The number of halogens is 1. The highest BCUT2D eigenvalue weighted by Gasteiger charge is 2.23. The minimum Gasteiger partial charge on any atom is -0.493 e. The number of benzene rings is 2. The summed E-state index contributed by atoms with van der Waals surface area (Å²) >= 11 is 5.86. The van der Waals surface area contributed by atoms with Gasteiger partial charge >= 0.3 is 0 Å². The first-order valence-electron chi connectivity index (χ1n) is 7.57. The number of ether oxygens (including phenoxy) is 2. The van der Waals surface area contributed by atoms with Crippen molar-refractivity contribution in [1.29, 1.82) is 0 Å². The minimum absolute atomic E-state index is 0.0439. The van der Waals surface area contributed by atoms with E-state index in [9.17, 15) is 13.2 Å². The zero-order valence-electron chi connectivity index (χ0n) is 14.4. The van der Waals surface area contributed by atoms with Gasteiger partial charge in [-0.2, -0.15) is 4.72 Å². The molecule has 0 radical (unpaired) electrons. The molecule has 7 nitrogen and oxygen atoms in total. The number of nitrogens with one attached hydrogen (secondary N) is 2. The van der Waals surface area contributed by atoms with Gasteiger partial charge in [0.05, 0.1) is 25.2 Å². The van der Waals surface area contributed by atoms with Crippen LogP contribution in [0, 0.1) is 0 Å². The van der Waals surface area contributed by atoms with Gasteiger partial charge in [-0.15, -0.1) is 0 Å². The van der Waals surface area contributed by atoms with Crippen molar-refractivity contribution in [3.63, 3.8) is 0 Å². The fourth-order valence-electron chi connectivity index (χ4n) is 2.15. The maximum absolute atomic E-state index is 12.5. The molecule has 0 aliphatic rings. The van der Waals surface area contributed by atoms with Crippen molar-refractivity contribution < 1.29 is 22.7 Å². The fourth-order valence-corrected chi connectivity index (χ4v) is 3.56. The highest BCUT2D eigenvalue weighted by molar-refractivity contribution is 7.89. The normalized spacial score (nSPS) is 12.3. The Morgan fingerprint density at radius 1 is 1.08 bits per heavy atom. The molecular weight excluding hydrogens is 380 g/mol. The Bertz CT molecular complexity index is 902. The summed E-state index contributed by atoms with van der Waals surface area (Å²) in [6, 6.07) is 9.72. The van der Waals surface area contributed by atoms with Gasteiger partial charge in [0.1, 0.15) is 0 Å². The molecule has 2 aromatic rings. The zero-order valence-corrected chi connectivity index (χ0v) is 16.0. The molecular formula is C17H19ClN2O5S. The second-order valence-electron chi connectivity index (χ2n) is 5.36. The van der Waals surface area contributed by atoms with Crippen LogP contribution in [-0.2, 0) is 14.8 Å².